The molecule has 0 aliphatic carbocycles. The van der Waals surface area contributed by atoms with Crippen molar-refractivity contribution in [2.75, 3.05) is 13.1 Å². The molecule has 0 radical (unpaired) electrons. The molecule has 0 bridgehead atoms. The third kappa shape index (κ3) is 5.62. The smallest absolute Gasteiger partial charge is 0.156 e. The Bertz CT molecular complexity index is 175. The van der Waals surface area contributed by atoms with Crippen molar-refractivity contribution >= 4 is 5.84 Å². The molecule has 1 atom stereocenters. The van der Waals surface area contributed by atoms with Crippen molar-refractivity contribution in [1.82, 2.24) is 4.90 Å². The van der Waals surface area contributed by atoms with Gasteiger partial charge in [-0.15, -0.1) is 0 Å². The highest BCUT2D eigenvalue weighted by Gasteiger charge is 2.16. The molecule has 90 valence electrons. The van der Waals surface area contributed by atoms with Crippen LogP contribution in [0.5, 0.6) is 0 Å². The lowest BCUT2D eigenvalue weighted by Crippen LogP contribution is -2.43. The molecule has 0 aromatic heterocycles. The monoisotopic (exact) mass is 215 g/mol. The van der Waals surface area contributed by atoms with E-state index in [0.29, 0.717) is 5.84 Å². The molecule has 0 fully saturated rings. The van der Waals surface area contributed by atoms with Gasteiger partial charge in [-0.2, -0.15) is 0 Å². The van der Waals surface area contributed by atoms with Crippen molar-refractivity contribution in [2.45, 2.75) is 52.5 Å². The Hall–Kier alpha value is -0.770. The quantitative estimate of drug-likeness (QED) is 0.282. The predicted molar refractivity (Wildman–Crippen MR) is 64.3 cm³/mol. The van der Waals surface area contributed by atoms with Gasteiger partial charge in [-0.1, -0.05) is 31.8 Å². The van der Waals surface area contributed by atoms with Gasteiger partial charge in [-0.05, 0) is 32.9 Å². The molecule has 0 saturated carbocycles. The summed E-state index contributed by atoms with van der Waals surface area (Å²) in [5.74, 6) is 0.308. The van der Waals surface area contributed by atoms with E-state index in [9.17, 15) is 0 Å². The maximum Gasteiger partial charge on any atom is 0.156 e. The number of nitrogens with zero attached hydrogens (tertiary/aromatic N) is 2. The van der Waals surface area contributed by atoms with Gasteiger partial charge in [0.05, 0.1) is 6.04 Å². The second-order valence-electron chi connectivity index (χ2n) is 3.94. The summed E-state index contributed by atoms with van der Waals surface area (Å²) in [5, 5.41) is 11.7. The number of unbranched alkanes of at least 4 members (excludes halogenated alkanes) is 2. The number of oxime groups is 1. The largest absolute Gasteiger partial charge is 0.409 e. The molecule has 0 saturated heterocycles. The number of rotatable bonds is 8. The number of amidine groups is 1. The molecule has 0 heterocycles. The fourth-order valence-electron chi connectivity index (χ4n) is 1.49. The van der Waals surface area contributed by atoms with Gasteiger partial charge < -0.3 is 10.9 Å². The molecule has 1 unspecified atom stereocenters. The third-order valence-electron chi connectivity index (χ3n) is 2.69. The summed E-state index contributed by atoms with van der Waals surface area (Å²) in [6, 6.07) is 0.0353. The molecule has 0 aromatic carbocycles. The lowest BCUT2D eigenvalue weighted by molar-refractivity contribution is 0.236. The van der Waals surface area contributed by atoms with Gasteiger partial charge in [0, 0.05) is 0 Å². The molecule has 0 amide bonds. The van der Waals surface area contributed by atoms with Gasteiger partial charge in [-0.3, -0.25) is 4.90 Å². The van der Waals surface area contributed by atoms with Crippen LogP contribution in [-0.2, 0) is 0 Å². The highest BCUT2D eigenvalue weighted by Crippen LogP contribution is 2.05. The molecular weight excluding hydrogens is 190 g/mol. The van der Waals surface area contributed by atoms with Crippen molar-refractivity contribution < 1.29 is 5.21 Å². The Morgan fingerprint density at radius 2 is 1.73 bits per heavy atom. The van der Waals surface area contributed by atoms with Crippen molar-refractivity contribution in [3.63, 3.8) is 0 Å². The van der Waals surface area contributed by atoms with Crippen molar-refractivity contribution in [3.05, 3.63) is 0 Å². The van der Waals surface area contributed by atoms with E-state index in [1.165, 1.54) is 12.8 Å². The van der Waals surface area contributed by atoms with Crippen LogP contribution in [-0.4, -0.2) is 35.1 Å². The minimum absolute atomic E-state index is 0.0353. The van der Waals surface area contributed by atoms with Crippen molar-refractivity contribution in [2.24, 2.45) is 10.9 Å². The summed E-state index contributed by atoms with van der Waals surface area (Å²) in [6.07, 6.45) is 4.66. The van der Waals surface area contributed by atoms with Gasteiger partial charge >= 0.3 is 0 Å². The van der Waals surface area contributed by atoms with E-state index in [0.717, 1.165) is 25.9 Å². The Morgan fingerprint density at radius 1 is 1.27 bits per heavy atom. The average Bonchev–Trinajstić information content (AvgIpc) is 2.27. The van der Waals surface area contributed by atoms with Crippen molar-refractivity contribution in [1.29, 1.82) is 0 Å². The molecule has 0 aliphatic rings. The van der Waals surface area contributed by atoms with Gasteiger partial charge in [0.1, 0.15) is 0 Å². The standard InChI is InChI=1S/C11H25N3O/c1-4-6-8-14(9-7-5-2)10(3)11(12)13-15/h10,15H,4-9H2,1-3H3,(H2,12,13). The summed E-state index contributed by atoms with van der Waals surface area (Å²) >= 11 is 0. The third-order valence-corrected chi connectivity index (χ3v) is 2.69. The van der Waals surface area contributed by atoms with E-state index < -0.39 is 0 Å². The predicted octanol–water partition coefficient (Wildman–Crippen LogP) is 2.02. The zero-order valence-electron chi connectivity index (χ0n) is 10.2. The van der Waals surface area contributed by atoms with Crippen LogP contribution in [0.15, 0.2) is 5.16 Å². The average molecular weight is 215 g/mol. The maximum atomic E-state index is 8.64. The summed E-state index contributed by atoms with van der Waals surface area (Å²) in [7, 11) is 0. The van der Waals surface area contributed by atoms with Crippen LogP contribution < -0.4 is 5.73 Å². The molecule has 0 spiro atoms. The number of hydrogen-bond acceptors (Lipinski definition) is 3. The first-order chi connectivity index (χ1) is 7.17. The van der Waals surface area contributed by atoms with Gasteiger partial charge in [0.25, 0.3) is 0 Å². The van der Waals surface area contributed by atoms with Gasteiger partial charge in [0.15, 0.2) is 5.84 Å². The molecule has 4 heteroatoms. The first kappa shape index (κ1) is 14.2. The first-order valence-electron chi connectivity index (χ1n) is 5.88. The van der Waals surface area contributed by atoms with E-state index in [4.69, 9.17) is 10.9 Å². The molecule has 0 aliphatic heterocycles. The number of hydrogen-bond donors (Lipinski definition) is 2. The van der Waals surface area contributed by atoms with E-state index in [1.807, 2.05) is 6.92 Å². The molecule has 15 heavy (non-hydrogen) atoms. The summed E-state index contributed by atoms with van der Waals surface area (Å²) in [6.45, 7) is 8.38. The second-order valence-corrected chi connectivity index (χ2v) is 3.94. The minimum atomic E-state index is 0.0353. The second kappa shape index (κ2) is 8.53. The van der Waals surface area contributed by atoms with E-state index in [2.05, 4.69) is 23.9 Å². The van der Waals surface area contributed by atoms with Gasteiger partial charge in [0.2, 0.25) is 0 Å². The van der Waals surface area contributed by atoms with Crippen LogP contribution in [0.4, 0.5) is 0 Å². The fraction of sp³-hybridized carbons (Fsp3) is 0.909. The van der Waals surface area contributed by atoms with Crippen molar-refractivity contribution in [3.8, 4) is 0 Å². The number of nitrogens with two attached hydrogens (primary N) is 1. The lowest BCUT2D eigenvalue weighted by Gasteiger charge is -2.27. The summed E-state index contributed by atoms with van der Waals surface area (Å²) in [4.78, 5) is 2.28. The van der Waals surface area contributed by atoms with Crippen LogP contribution >= 0.6 is 0 Å². The zero-order valence-corrected chi connectivity index (χ0v) is 10.2. The summed E-state index contributed by atoms with van der Waals surface area (Å²) < 4.78 is 0. The highest BCUT2D eigenvalue weighted by molar-refractivity contribution is 5.84. The molecule has 3 N–H and O–H groups in total. The van der Waals surface area contributed by atoms with Crippen LogP contribution in [0.1, 0.15) is 46.5 Å². The first-order valence-corrected chi connectivity index (χ1v) is 5.88. The van der Waals surface area contributed by atoms with Gasteiger partial charge in [-0.25, -0.2) is 0 Å². The van der Waals surface area contributed by atoms with Crippen LogP contribution in [0.3, 0.4) is 0 Å². The molecular formula is C11H25N3O. The Balaban J connectivity index is 4.19. The fourth-order valence-corrected chi connectivity index (χ4v) is 1.49. The van der Waals surface area contributed by atoms with E-state index in [1.54, 1.807) is 0 Å². The van der Waals surface area contributed by atoms with Crippen LogP contribution in [0, 0.1) is 0 Å². The molecule has 0 rings (SSSR count). The topological polar surface area (TPSA) is 61.8 Å². The Morgan fingerprint density at radius 3 is 2.07 bits per heavy atom. The SMILES string of the molecule is CCCCN(CCCC)C(C)C(N)=NO. The highest BCUT2D eigenvalue weighted by atomic mass is 16.4. The Kier molecular flexibility index (Phi) is 8.09. The normalized spacial score (nSPS) is 14.5. The molecule has 0 aromatic rings. The van der Waals surface area contributed by atoms with E-state index >= 15 is 0 Å². The lowest BCUT2D eigenvalue weighted by atomic mass is 10.2. The molecule has 4 nitrogen and oxygen atoms in total. The maximum absolute atomic E-state index is 8.64. The van der Waals surface area contributed by atoms with E-state index in [-0.39, 0.29) is 6.04 Å². The van der Waals surface area contributed by atoms with Crippen LogP contribution in [0.2, 0.25) is 0 Å². The summed E-state index contributed by atoms with van der Waals surface area (Å²) in [5.41, 5.74) is 5.62. The Labute approximate surface area is 93.1 Å². The zero-order chi connectivity index (χ0) is 11.7. The minimum Gasteiger partial charge on any atom is -0.409 e. The van der Waals surface area contributed by atoms with Crippen LogP contribution in [0.25, 0.3) is 0 Å².